The predicted molar refractivity (Wildman–Crippen MR) is 72.4 cm³/mol. The molecule has 1 rings (SSSR count). The molecule has 0 saturated carbocycles. The molecule has 0 amide bonds. The molecule has 5 heteroatoms. The summed E-state index contributed by atoms with van der Waals surface area (Å²) in [5, 5.41) is 0. The van der Waals surface area contributed by atoms with E-state index in [-0.39, 0.29) is 5.97 Å². The molecule has 106 valence electrons. The van der Waals surface area contributed by atoms with Gasteiger partial charge in [0.15, 0.2) is 0 Å². The van der Waals surface area contributed by atoms with Crippen LogP contribution in [0.1, 0.15) is 26.7 Å². The summed E-state index contributed by atoms with van der Waals surface area (Å²) in [6.07, 6.45) is 1.80. The normalized spacial score (nSPS) is 26.1. The van der Waals surface area contributed by atoms with Crippen molar-refractivity contribution in [3.63, 3.8) is 0 Å². The van der Waals surface area contributed by atoms with E-state index in [1.54, 1.807) is 6.92 Å². The Balaban J connectivity index is 2.51. The third-order valence-electron chi connectivity index (χ3n) is 3.92. The largest absolute Gasteiger partial charge is 0.468 e. The highest BCUT2D eigenvalue weighted by Gasteiger charge is 2.35. The zero-order chi connectivity index (χ0) is 13.9. The number of nitrogens with two attached hydrogens (primary N) is 1. The highest BCUT2D eigenvalue weighted by molar-refractivity contribution is 5.79. The Kier molecular flexibility index (Phi) is 5.13. The van der Waals surface area contributed by atoms with E-state index in [1.165, 1.54) is 13.5 Å². The SMILES string of the molecule is COC(=O)C(C)(N)CC(C)N1CCC(N(C)C)C1. The van der Waals surface area contributed by atoms with E-state index >= 15 is 0 Å². The fourth-order valence-electron chi connectivity index (χ4n) is 2.65. The van der Waals surface area contributed by atoms with Crippen LogP contribution < -0.4 is 5.73 Å². The molecule has 2 N–H and O–H groups in total. The lowest BCUT2D eigenvalue weighted by Crippen LogP contribution is -2.50. The number of ether oxygens (including phenoxy) is 1. The van der Waals surface area contributed by atoms with Gasteiger partial charge in [-0.1, -0.05) is 0 Å². The van der Waals surface area contributed by atoms with E-state index in [0.717, 1.165) is 13.1 Å². The minimum absolute atomic E-state index is 0.295. The van der Waals surface area contributed by atoms with E-state index in [4.69, 9.17) is 10.5 Å². The van der Waals surface area contributed by atoms with Gasteiger partial charge < -0.3 is 15.4 Å². The summed E-state index contributed by atoms with van der Waals surface area (Å²) in [7, 11) is 5.61. The number of methoxy groups -OCH3 is 1. The lowest BCUT2D eigenvalue weighted by atomic mass is 9.94. The number of hydrogen-bond acceptors (Lipinski definition) is 5. The molecule has 1 aliphatic heterocycles. The van der Waals surface area contributed by atoms with Crippen LogP contribution >= 0.6 is 0 Å². The second kappa shape index (κ2) is 5.99. The Labute approximate surface area is 110 Å². The van der Waals surface area contributed by atoms with Crippen molar-refractivity contribution < 1.29 is 9.53 Å². The van der Waals surface area contributed by atoms with E-state index in [1.807, 2.05) is 0 Å². The standard InChI is InChI=1S/C13H27N3O2/c1-10(8-13(2,14)12(17)18-5)16-7-6-11(9-16)15(3)4/h10-11H,6-9,14H2,1-5H3. The average Bonchev–Trinajstić information content (AvgIpc) is 2.76. The molecule has 3 unspecified atom stereocenters. The second-order valence-electron chi connectivity index (χ2n) is 5.86. The van der Waals surface area contributed by atoms with Gasteiger partial charge in [-0.3, -0.25) is 9.69 Å². The molecule has 3 atom stereocenters. The van der Waals surface area contributed by atoms with Crippen LogP contribution in [0.2, 0.25) is 0 Å². The van der Waals surface area contributed by atoms with Crippen LogP contribution in [0, 0.1) is 0 Å². The van der Waals surface area contributed by atoms with Gasteiger partial charge in [-0.15, -0.1) is 0 Å². The molecule has 0 aromatic heterocycles. The third kappa shape index (κ3) is 3.67. The zero-order valence-corrected chi connectivity index (χ0v) is 12.3. The monoisotopic (exact) mass is 257 g/mol. The molecule has 5 nitrogen and oxygen atoms in total. The summed E-state index contributed by atoms with van der Waals surface area (Å²) >= 11 is 0. The molecule has 0 spiro atoms. The molecule has 0 aliphatic carbocycles. The van der Waals surface area contributed by atoms with Crippen molar-refractivity contribution in [1.82, 2.24) is 9.80 Å². The number of likely N-dealkylation sites (N-methyl/N-ethyl adjacent to an activating group) is 1. The van der Waals surface area contributed by atoms with Crippen molar-refractivity contribution in [3.05, 3.63) is 0 Å². The fraction of sp³-hybridized carbons (Fsp3) is 0.923. The molecule has 0 radical (unpaired) electrons. The average molecular weight is 257 g/mol. The van der Waals surface area contributed by atoms with Gasteiger partial charge in [0, 0.05) is 25.2 Å². The first-order chi connectivity index (χ1) is 8.27. The highest BCUT2D eigenvalue weighted by Crippen LogP contribution is 2.21. The van der Waals surface area contributed by atoms with Gasteiger partial charge >= 0.3 is 5.97 Å². The first-order valence-corrected chi connectivity index (χ1v) is 6.55. The molecule has 0 aromatic carbocycles. The summed E-state index contributed by atoms with van der Waals surface area (Å²) < 4.78 is 4.75. The van der Waals surface area contributed by atoms with Crippen LogP contribution in [0.15, 0.2) is 0 Å². The van der Waals surface area contributed by atoms with Crippen molar-refractivity contribution >= 4 is 5.97 Å². The van der Waals surface area contributed by atoms with E-state index in [2.05, 4.69) is 30.8 Å². The van der Waals surface area contributed by atoms with Gasteiger partial charge in [0.2, 0.25) is 0 Å². The zero-order valence-electron chi connectivity index (χ0n) is 12.3. The Hall–Kier alpha value is -0.650. The van der Waals surface area contributed by atoms with E-state index in [0.29, 0.717) is 18.5 Å². The molecule has 0 aromatic rings. The predicted octanol–water partition coefficient (Wildman–Crippen LogP) is 0.291. The lowest BCUT2D eigenvalue weighted by Gasteiger charge is -2.31. The van der Waals surface area contributed by atoms with E-state index in [9.17, 15) is 4.79 Å². The highest BCUT2D eigenvalue weighted by atomic mass is 16.5. The maximum atomic E-state index is 11.6. The van der Waals surface area contributed by atoms with Crippen LogP contribution in [0.5, 0.6) is 0 Å². The van der Waals surface area contributed by atoms with Crippen LogP contribution in [0.4, 0.5) is 0 Å². The summed E-state index contributed by atoms with van der Waals surface area (Å²) in [6, 6.07) is 0.902. The molecular weight excluding hydrogens is 230 g/mol. The maximum absolute atomic E-state index is 11.6. The van der Waals surface area contributed by atoms with Gasteiger partial charge in [-0.25, -0.2) is 0 Å². The molecule has 1 heterocycles. The Morgan fingerprint density at radius 3 is 2.67 bits per heavy atom. The smallest absolute Gasteiger partial charge is 0.325 e. The van der Waals surface area contributed by atoms with Gasteiger partial charge in [-0.2, -0.15) is 0 Å². The summed E-state index contributed by atoms with van der Waals surface area (Å²) in [5.41, 5.74) is 5.12. The number of likely N-dealkylation sites (tertiary alicyclic amines) is 1. The number of carbonyl (C=O) groups excluding carboxylic acids is 1. The molecule has 1 aliphatic rings. The Morgan fingerprint density at radius 2 is 2.22 bits per heavy atom. The van der Waals surface area contributed by atoms with Crippen molar-refractivity contribution in [2.45, 2.75) is 44.3 Å². The summed E-state index contributed by atoms with van der Waals surface area (Å²) in [6.45, 7) is 5.99. The topological polar surface area (TPSA) is 58.8 Å². The van der Waals surface area contributed by atoms with Crippen molar-refractivity contribution in [2.24, 2.45) is 5.73 Å². The Bertz CT molecular complexity index is 292. The quantitative estimate of drug-likeness (QED) is 0.718. The van der Waals surface area contributed by atoms with Gasteiger partial charge in [0.05, 0.1) is 7.11 Å². The number of hydrogen-bond donors (Lipinski definition) is 1. The van der Waals surface area contributed by atoms with Crippen molar-refractivity contribution in [2.75, 3.05) is 34.3 Å². The minimum atomic E-state index is -0.898. The van der Waals surface area contributed by atoms with E-state index < -0.39 is 5.54 Å². The molecule has 1 fully saturated rings. The van der Waals surface area contributed by atoms with Gasteiger partial charge in [0.25, 0.3) is 0 Å². The van der Waals surface area contributed by atoms with Crippen LogP contribution in [-0.2, 0) is 9.53 Å². The number of esters is 1. The van der Waals surface area contributed by atoms with Crippen LogP contribution in [0.3, 0.4) is 0 Å². The third-order valence-corrected chi connectivity index (χ3v) is 3.92. The first-order valence-electron chi connectivity index (χ1n) is 6.55. The van der Waals surface area contributed by atoms with Gasteiger partial charge in [-0.05, 0) is 40.8 Å². The fourth-order valence-corrected chi connectivity index (χ4v) is 2.65. The summed E-state index contributed by atoms with van der Waals surface area (Å²) in [5.74, 6) is -0.335. The molecule has 18 heavy (non-hydrogen) atoms. The van der Waals surface area contributed by atoms with Crippen molar-refractivity contribution in [1.29, 1.82) is 0 Å². The number of nitrogens with zero attached hydrogens (tertiary/aromatic N) is 2. The van der Waals surface area contributed by atoms with Gasteiger partial charge in [0.1, 0.15) is 5.54 Å². The second-order valence-corrected chi connectivity index (χ2v) is 5.86. The van der Waals surface area contributed by atoms with Crippen LogP contribution in [-0.4, -0.2) is 67.7 Å². The summed E-state index contributed by atoms with van der Waals surface area (Å²) in [4.78, 5) is 16.2. The first kappa shape index (κ1) is 15.4. The maximum Gasteiger partial charge on any atom is 0.325 e. The minimum Gasteiger partial charge on any atom is -0.468 e. The number of carbonyl (C=O) groups is 1. The lowest BCUT2D eigenvalue weighted by molar-refractivity contribution is -0.147. The molecule has 1 saturated heterocycles. The van der Waals surface area contributed by atoms with Crippen LogP contribution in [0.25, 0.3) is 0 Å². The Morgan fingerprint density at radius 1 is 1.61 bits per heavy atom. The number of rotatable bonds is 5. The molecular formula is C13H27N3O2. The molecule has 0 bridgehead atoms. The van der Waals surface area contributed by atoms with Crippen molar-refractivity contribution in [3.8, 4) is 0 Å².